The highest BCUT2D eigenvalue weighted by atomic mass is 16.4. The first-order valence-corrected chi connectivity index (χ1v) is 27.6. The Hall–Kier alpha value is -8.42. The first-order chi connectivity index (χ1) is 38.8. The van der Waals surface area contributed by atoms with Crippen molar-refractivity contribution >= 4 is 81.8 Å². The molecule has 0 aliphatic heterocycles. The largest absolute Gasteiger partial charge is 0.480 e. The first-order valence-electron chi connectivity index (χ1n) is 27.6. The van der Waals surface area contributed by atoms with Crippen molar-refractivity contribution in [2.24, 2.45) is 46.6 Å². The summed E-state index contributed by atoms with van der Waals surface area (Å²) in [6, 6.07) is 8.51. The van der Waals surface area contributed by atoms with Gasteiger partial charge in [-0.3, -0.25) is 58.1 Å². The van der Waals surface area contributed by atoms with Crippen LogP contribution in [-0.4, -0.2) is 137 Å². The van der Waals surface area contributed by atoms with E-state index in [1.54, 1.807) is 71.1 Å². The molecule has 3 aromatic rings. The maximum absolute atomic E-state index is 14.7. The summed E-state index contributed by atoms with van der Waals surface area (Å²) in [4.78, 5) is 151. The van der Waals surface area contributed by atoms with Gasteiger partial charge >= 0.3 is 5.97 Å². The second kappa shape index (κ2) is 34.7. The number of benzene rings is 2. The number of aromatic amines is 1. The van der Waals surface area contributed by atoms with E-state index in [-0.39, 0.29) is 76.8 Å². The third-order valence-corrected chi connectivity index (χ3v) is 13.6. The molecule has 8 atom stereocenters. The Morgan fingerprint density at radius 1 is 0.561 bits per heavy atom. The minimum Gasteiger partial charge on any atom is -0.480 e. The molecule has 26 nitrogen and oxygen atoms in total. The summed E-state index contributed by atoms with van der Waals surface area (Å²) < 4.78 is 0. The summed E-state index contributed by atoms with van der Waals surface area (Å²) in [5.41, 5.74) is 24.0. The average Bonchev–Trinajstić information content (AvgIpc) is 3.96. The van der Waals surface area contributed by atoms with Gasteiger partial charge in [-0.1, -0.05) is 83.1 Å². The number of fused-ring (bicyclic) bond motifs is 1. The smallest absolute Gasteiger partial charge is 0.322 e. The molecule has 3 rings (SSSR count). The van der Waals surface area contributed by atoms with Crippen LogP contribution in [0.4, 0.5) is 0 Å². The third-order valence-electron chi connectivity index (χ3n) is 13.6. The van der Waals surface area contributed by atoms with Gasteiger partial charge in [-0.05, 0) is 80.5 Å². The number of amides is 9. The van der Waals surface area contributed by atoms with Crippen molar-refractivity contribution in [3.63, 3.8) is 0 Å². The zero-order chi connectivity index (χ0) is 61.1. The molecule has 9 amide bonds. The molecule has 0 aliphatic rings. The lowest BCUT2D eigenvalue weighted by Gasteiger charge is -2.29. The van der Waals surface area contributed by atoms with Gasteiger partial charge < -0.3 is 75.6 Å². The van der Waals surface area contributed by atoms with Gasteiger partial charge in [-0.15, -0.1) is 0 Å². The molecule has 1 aromatic heterocycles. The number of Topliss-reactive ketones (excluding diaryl/α,β-unsaturated/α-hetero) is 1. The summed E-state index contributed by atoms with van der Waals surface area (Å²) in [6.07, 6.45) is 1.59. The average molecular weight is 1150 g/mol. The topological polar surface area (TPSA) is 448 Å². The molecular weight excluding hydrogens is 1060 g/mol. The normalized spacial score (nSPS) is 14.1. The highest BCUT2D eigenvalue weighted by molar-refractivity contribution is 5.98. The zero-order valence-corrected chi connectivity index (χ0v) is 47.4. The monoisotopic (exact) mass is 1140 g/mol. The van der Waals surface area contributed by atoms with Crippen molar-refractivity contribution in [1.82, 2.24) is 47.5 Å². The minimum absolute atomic E-state index is 0.0304. The number of hydrogen-bond acceptors (Lipinski definition) is 13. The molecule has 1 heterocycles. The third kappa shape index (κ3) is 23.7. The highest BCUT2D eigenvalue weighted by Gasteiger charge is 2.37. The zero-order valence-electron chi connectivity index (χ0n) is 47.4. The van der Waals surface area contributed by atoms with Crippen LogP contribution in [0.3, 0.4) is 0 Å². The van der Waals surface area contributed by atoms with E-state index < -0.39 is 138 Å². The predicted octanol–water partition coefficient (Wildman–Crippen LogP) is -0.491. The van der Waals surface area contributed by atoms with Gasteiger partial charge in [0.15, 0.2) is 11.7 Å². The maximum Gasteiger partial charge on any atom is 0.322 e. The van der Waals surface area contributed by atoms with Crippen LogP contribution in [0.1, 0.15) is 110 Å². The number of unbranched alkanes of at least 4 members (excludes halogenated alkanes) is 1. The number of primary amides is 2. The van der Waals surface area contributed by atoms with Crippen molar-refractivity contribution in [2.45, 2.75) is 148 Å². The molecule has 0 aliphatic carbocycles. The van der Waals surface area contributed by atoms with E-state index in [4.69, 9.17) is 33.5 Å². The van der Waals surface area contributed by atoms with Gasteiger partial charge in [0.25, 0.3) is 0 Å². The minimum atomic E-state index is -1.35. The second-order valence-electron chi connectivity index (χ2n) is 21.1. The standard InChI is InChI=1S/C56H84N14O12/c1-31(2)47(43(71)28-35(21-23-45(59)73)50(77)65-39(19-13-25-62-56(60)61)51(78)64-30-46(74)75)69-52(79)40(18-11-12-24-57)66-55(82)48(32(3)4)70-54(81)42(27-36-29-63-38-17-10-9-16-37(36)38)68-53(80)41(26-34-14-7-6-8-15-34)67-49(76)33(5)20-22-44(58)72/h6-10,14-17,29,31-33,35,39-42,47-48,63H,11-13,18-28,30,57H2,1-5H3,(H2,58,72)(H2,59,73)(H,64,78)(H,65,77)(H,66,82)(H,67,76)(H,68,80)(H,69,79)(H,70,81)(H,74,75)(H4,60,61,62)/t33-,35+,39-,40-,41-,42-,47-,48-/m0/s1. The highest BCUT2D eigenvalue weighted by Crippen LogP contribution is 2.21. The van der Waals surface area contributed by atoms with Gasteiger partial charge in [0.1, 0.15) is 36.8 Å². The molecule has 0 saturated heterocycles. The van der Waals surface area contributed by atoms with Gasteiger partial charge in [-0.2, -0.15) is 0 Å². The van der Waals surface area contributed by atoms with Crippen LogP contribution >= 0.6 is 0 Å². The number of rotatable bonds is 38. The number of ketones is 1. The second-order valence-corrected chi connectivity index (χ2v) is 21.1. The van der Waals surface area contributed by atoms with Gasteiger partial charge in [0.05, 0.1) is 6.04 Å². The number of hydrogen-bond donors (Lipinski definition) is 15. The molecule has 0 unspecified atom stereocenters. The van der Waals surface area contributed by atoms with Crippen molar-refractivity contribution < 1.29 is 57.8 Å². The molecular formula is C56H84N14O12. The van der Waals surface area contributed by atoms with Crippen LogP contribution in [0.5, 0.6) is 0 Å². The molecule has 0 saturated carbocycles. The number of aliphatic carboxylic acids is 1. The van der Waals surface area contributed by atoms with Crippen molar-refractivity contribution in [3.8, 4) is 0 Å². The maximum atomic E-state index is 14.7. The van der Waals surface area contributed by atoms with Gasteiger partial charge in [0.2, 0.25) is 53.2 Å². The van der Waals surface area contributed by atoms with Crippen LogP contribution < -0.4 is 65.5 Å². The molecule has 0 spiro atoms. The number of nitrogens with two attached hydrogens (primary N) is 4. The summed E-state index contributed by atoms with van der Waals surface area (Å²) in [6.45, 7) is 7.84. The molecule has 0 bridgehead atoms. The Morgan fingerprint density at radius 3 is 1.72 bits per heavy atom. The Morgan fingerprint density at radius 2 is 1.10 bits per heavy atom. The Bertz CT molecular complexity index is 2680. The van der Waals surface area contributed by atoms with Crippen LogP contribution in [0, 0.1) is 29.1 Å². The van der Waals surface area contributed by atoms with E-state index in [0.29, 0.717) is 24.0 Å². The van der Waals surface area contributed by atoms with Gasteiger partial charge in [0, 0.05) is 67.6 Å². The van der Waals surface area contributed by atoms with E-state index in [0.717, 1.165) is 10.9 Å². The number of para-hydroxylation sites is 1. The lowest BCUT2D eigenvalue weighted by molar-refractivity contribution is -0.139. The van der Waals surface area contributed by atoms with Crippen LogP contribution in [-0.2, 0) is 65.6 Å². The van der Waals surface area contributed by atoms with Crippen molar-refractivity contribution in [2.75, 3.05) is 19.6 Å². The molecule has 19 N–H and O–H groups in total. The number of carboxylic acids is 1. The quantitative estimate of drug-likeness (QED) is 0.0196. The number of H-pyrrole nitrogens is 1. The summed E-state index contributed by atoms with van der Waals surface area (Å²) in [7, 11) is 0. The van der Waals surface area contributed by atoms with Crippen LogP contribution in [0.25, 0.3) is 10.9 Å². The fourth-order valence-electron chi connectivity index (χ4n) is 8.94. The van der Waals surface area contributed by atoms with E-state index in [2.05, 4.69) is 47.5 Å². The van der Waals surface area contributed by atoms with Crippen LogP contribution in [0.2, 0.25) is 0 Å². The predicted molar refractivity (Wildman–Crippen MR) is 305 cm³/mol. The number of guanidine groups is 1. The summed E-state index contributed by atoms with van der Waals surface area (Å²) in [5.74, 6) is -12.1. The lowest BCUT2D eigenvalue weighted by Crippen LogP contribution is -2.60. The van der Waals surface area contributed by atoms with E-state index in [1.165, 1.54) is 0 Å². The molecule has 2 aromatic carbocycles. The SMILES string of the molecule is CC(C)[C@H](NC(=O)[C@H](CCCCN)NC(=O)[C@@H](NC(=O)[C@H](Cc1c[nH]c2ccccc12)NC(=O)[C@H](Cc1ccccc1)NC(=O)[C@@H](C)CCC(N)=O)C(C)C)C(=O)C[C@@H](CCC(N)=O)C(=O)N[C@@H](CCCNC(=N)N)C(=O)NCC(=O)O. The Labute approximate surface area is 477 Å². The fourth-order valence-corrected chi connectivity index (χ4v) is 8.94. The summed E-state index contributed by atoms with van der Waals surface area (Å²) >= 11 is 0. The molecule has 450 valence electrons. The van der Waals surface area contributed by atoms with Crippen molar-refractivity contribution in [3.05, 3.63) is 71.9 Å². The Kier molecular flexibility index (Phi) is 28.7. The van der Waals surface area contributed by atoms with Gasteiger partial charge in [-0.25, -0.2) is 0 Å². The molecule has 26 heteroatoms. The molecule has 0 radical (unpaired) electrons. The number of carbonyl (C=O) groups is 11. The van der Waals surface area contributed by atoms with E-state index in [9.17, 15) is 52.7 Å². The fraction of sp³-hybridized carbons (Fsp3) is 0.536. The van der Waals surface area contributed by atoms with E-state index in [1.807, 2.05) is 24.3 Å². The number of nitrogens with one attached hydrogen (secondary N) is 10. The molecule has 82 heavy (non-hydrogen) atoms. The van der Waals surface area contributed by atoms with Crippen molar-refractivity contribution in [1.29, 1.82) is 5.41 Å². The Balaban J connectivity index is 1.93. The first kappa shape index (κ1) is 67.9. The summed E-state index contributed by atoms with van der Waals surface area (Å²) in [5, 5.41) is 38.5. The number of aromatic nitrogens is 1. The molecule has 0 fully saturated rings. The number of carboxylic acid groups (broad SMARTS) is 1. The van der Waals surface area contributed by atoms with Crippen LogP contribution in [0.15, 0.2) is 60.8 Å². The number of carbonyl (C=O) groups excluding carboxylic acids is 10. The van der Waals surface area contributed by atoms with E-state index >= 15 is 0 Å². The lowest BCUT2D eigenvalue weighted by atomic mass is 9.89.